The van der Waals surface area contributed by atoms with Gasteiger partial charge >= 0.3 is 0 Å². The van der Waals surface area contributed by atoms with E-state index >= 15 is 0 Å². The molecule has 0 saturated heterocycles. The van der Waals surface area contributed by atoms with Gasteiger partial charge in [-0.2, -0.15) is 0 Å². The Bertz CT molecular complexity index is 676. The number of aromatic nitrogens is 2. The highest BCUT2D eigenvalue weighted by Gasteiger charge is 2.26. The molecule has 5 heteroatoms. The minimum Gasteiger partial charge on any atom is -0.497 e. The number of amides is 1. The number of fused-ring (bicyclic) bond motifs is 1. The zero-order valence-corrected chi connectivity index (χ0v) is 13.7. The van der Waals surface area contributed by atoms with Gasteiger partial charge in [0.05, 0.1) is 24.9 Å². The first kappa shape index (κ1) is 15.6. The van der Waals surface area contributed by atoms with E-state index in [4.69, 9.17) is 4.74 Å². The van der Waals surface area contributed by atoms with E-state index in [0.29, 0.717) is 6.54 Å². The quantitative estimate of drug-likeness (QED) is 0.923. The molecule has 2 heterocycles. The van der Waals surface area contributed by atoms with Crippen molar-refractivity contribution in [2.75, 3.05) is 13.7 Å². The van der Waals surface area contributed by atoms with Crippen molar-refractivity contribution in [3.63, 3.8) is 0 Å². The molecule has 3 rings (SSSR count). The van der Waals surface area contributed by atoms with Gasteiger partial charge in [-0.3, -0.25) is 4.79 Å². The van der Waals surface area contributed by atoms with Crippen molar-refractivity contribution in [3.8, 4) is 17.0 Å². The Morgan fingerprint density at radius 3 is 2.87 bits per heavy atom. The Labute approximate surface area is 136 Å². The maximum atomic E-state index is 12.3. The Balaban J connectivity index is 1.81. The second kappa shape index (κ2) is 6.86. The molecule has 1 aliphatic heterocycles. The molecule has 23 heavy (non-hydrogen) atoms. The second-order valence-electron chi connectivity index (χ2n) is 5.93. The lowest BCUT2D eigenvalue weighted by Gasteiger charge is -2.24. The molecule has 1 atom stereocenters. The van der Waals surface area contributed by atoms with Gasteiger partial charge in [-0.05, 0) is 37.1 Å². The lowest BCUT2D eigenvalue weighted by molar-refractivity contribution is -0.125. The lowest BCUT2D eigenvalue weighted by Crippen LogP contribution is -2.36. The molecule has 2 aromatic rings. The highest BCUT2D eigenvalue weighted by atomic mass is 16.5. The third-order valence-corrected chi connectivity index (χ3v) is 4.36. The highest BCUT2D eigenvalue weighted by molar-refractivity contribution is 5.78. The molecule has 0 saturated carbocycles. The summed E-state index contributed by atoms with van der Waals surface area (Å²) in [6.45, 7) is 3.51. The van der Waals surface area contributed by atoms with Crippen molar-refractivity contribution in [1.29, 1.82) is 0 Å². The lowest BCUT2D eigenvalue weighted by atomic mass is 9.98. The number of nitrogens with one attached hydrogen (secondary N) is 1. The Morgan fingerprint density at radius 1 is 1.39 bits per heavy atom. The topological polar surface area (TPSA) is 56.1 Å². The predicted octanol–water partition coefficient (Wildman–Crippen LogP) is 2.65. The first-order valence-corrected chi connectivity index (χ1v) is 8.19. The largest absolute Gasteiger partial charge is 0.497 e. The summed E-state index contributed by atoms with van der Waals surface area (Å²) in [6.07, 6.45) is 4.59. The fourth-order valence-corrected chi connectivity index (χ4v) is 3.03. The summed E-state index contributed by atoms with van der Waals surface area (Å²) < 4.78 is 7.39. The summed E-state index contributed by atoms with van der Waals surface area (Å²) in [5, 5.41) is 3.01. The van der Waals surface area contributed by atoms with Crippen molar-refractivity contribution in [2.45, 2.75) is 32.7 Å². The van der Waals surface area contributed by atoms with E-state index in [1.54, 1.807) is 7.11 Å². The van der Waals surface area contributed by atoms with Crippen molar-refractivity contribution in [3.05, 3.63) is 36.3 Å². The van der Waals surface area contributed by atoms with Gasteiger partial charge in [-0.15, -0.1) is 0 Å². The number of benzene rings is 1. The van der Waals surface area contributed by atoms with E-state index in [1.165, 1.54) is 0 Å². The molecule has 1 aromatic heterocycles. The summed E-state index contributed by atoms with van der Waals surface area (Å²) in [6, 6.07) is 7.96. The standard InChI is InChI=1S/C18H23N3O2/c1-3-10-19-18(22)14-6-9-17-20-11-16(21(17)12-14)13-4-7-15(23-2)8-5-13/h4-5,7-8,11,14H,3,6,9-10,12H2,1-2H3,(H,19,22). The normalized spacial score (nSPS) is 16.7. The smallest absolute Gasteiger partial charge is 0.224 e. The van der Waals surface area contributed by atoms with Crippen LogP contribution in [0.25, 0.3) is 11.3 Å². The maximum Gasteiger partial charge on any atom is 0.224 e. The Morgan fingerprint density at radius 2 is 2.17 bits per heavy atom. The number of carbonyl (C=O) groups is 1. The van der Waals surface area contributed by atoms with Gasteiger partial charge in [0.15, 0.2) is 0 Å². The van der Waals surface area contributed by atoms with E-state index in [2.05, 4.69) is 21.8 Å². The molecule has 1 unspecified atom stereocenters. The Kier molecular flexibility index (Phi) is 4.65. The number of imidazole rings is 1. The van der Waals surface area contributed by atoms with Crippen molar-refractivity contribution in [1.82, 2.24) is 14.9 Å². The fraction of sp³-hybridized carbons (Fsp3) is 0.444. The van der Waals surface area contributed by atoms with Crippen LogP contribution in [0.1, 0.15) is 25.6 Å². The van der Waals surface area contributed by atoms with Crippen molar-refractivity contribution >= 4 is 5.91 Å². The number of methoxy groups -OCH3 is 1. The molecular formula is C18H23N3O2. The number of nitrogens with zero attached hydrogens (tertiary/aromatic N) is 2. The number of rotatable bonds is 5. The fourth-order valence-electron chi connectivity index (χ4n) is 3.03. The van der Waals surface area contributed by atoms with Crippen LogP contribution in [0.4, 0.5) is 0 Å². The van der Waals surface area contributed by atoms with Gasteiger partial charge in [-0.1, -0.05) is 6.92 Å². The van der Waals surface area contributed by atoms with Crippen LogP contribution in [0.5, 0.6) is 5.75 Å². The zero-order valence-electron chi connectivity index (χ0n) is 13.7. The first-order valence-electron chi connectivity index (χ1n) is 8.19. The van der Waals surface area contributed by atoms with E-state index in [0.717, 1.165) is 48.6 Å². The summed E-state index contributed by atoms with van der Waals surface area (Å²) in [4.78, 5) is 16.8. The first-order chi connectivity index (χ1) is 11.2. The third-order valence-electron chi connectivity index (χ3n) is 4.36. The molecule has 1 aromatic carbocycles. The average Bonchev–Trinajstić information content (AvgIpc) is 3.02. The van der Waals surface area contributed by atoms with Gasteiger partial charge in [0.25, 0.3) is 0 Å². The predicted molar refractivity (Wildman–Crippen MR) is 89.3 cm³/mol. The van der Waals surface area contributed by atoms with Crippen LogP contribution >= 0.6 is 0 Å². The van der Waals surface area contributed by atoms with Crippen LogP contribution < -0.4 is 10.1 Å². The molecule has 1 amide bonds. The van der Waals surface area contributed by atoms with E-state index in [9.17, 15) is 4.79 Å². The van der Waals surface area contributed by atoms with Crippen molar-refractivity contribution in [2.24, 2.45) is 5.92 Å². The van der Waals surface area contributed by atoms with Crippen LogP contribution in [0.2, 0.25) is 0 Å². The van der Waals surface area contributed by atoms with E-state index < -0.39 is 0 Å². The molecule has 0 spiro atoms. The van der Waals surface area contributed by atoms with Crippen LogP contribution in [0, 0.1) is 5.92 Å². The van der Waals surface area contributed by atoms with Crippen LogP contribution in [0.15, 0.2) is 30.5 Å². The van der Waals surface area contributed by atoms with Crippen molar-refractivity contribution < 1.29 is 9.53 Å². The average molecular weight is 313 g/mol. The maximum absolute atomic E-state index is 12.3. The molecule has 122 valence electrons. The summed E-state index contributed by atoms with van der Waals surface area (Å²) in [5.74, 6) is 2.09. The summed E-state index contributed by atoms with van der Waals surface area (Å²) in [7, 11) is 1.66. The molecule has 1 aliphatic rings. The number of hydrogen-bond acceptors (Lipinski definition) is 3. The van der Waals surface area contributed by atoms with Gasteiger partial charge < -0.3 is 14.6 Å². The zero-order chi connectivity index (χ0) is 16.2. The van der Waals surface area contributed by atoms with E-state index in [1.807, 2.05) is 30.5 Å². The molecule has 0 bridgehead atoms. The van der Waals surface area contributed by atoms with Crippen LogP contribution in [-0.4, -0.2) is 29.1 Å². The highest BCUT2D eigenvalue weighted by Crippen LogP contribution is 2.28. The minimum absolute atomic E-state index is 0.0280. The van der Waals surface area contributed by atoms with Gasteiger partial charge in [-0.25, -0.2) is 4.98 Å². The second-order valence-corrected chi connectivity index (χ2v) is 5.93. The third kappa shape index (κ3) is 3.23. The van der Waals surface area contributed by atoms with Crippen LogP contribution in [-0.2, 0) is 17.8 Å². The molecule has 0 radical (unpaired) electrons. The molecular weight excluding hydrogens is 290 g/mol. The Hall–Kier alpha value is -2.30. The molecule has 5 nitrogen and oxygen atoms in total. The van der Waals surface area contributed by atoms with Crippen LogP contribution in [0.3, 0.4) is 0 Å². The number of hydrogen-bond donors (Lipinski definition) is 1. The number of aryl methyl sites for hydroxylation is 1. The van der Waals surface area contributed by atoms with E-state index in [-0.39, 0.29) is 11.8 Å². The van der Waals surface area contributed by atoms with Gasteiger partial charge in [0, 0.05) is 25.1 Å². The monoisotopic (exact) mass is 313 g/mol. The molecule has 0 fully saturated rings. The molecule has 0 aliphatic carbocycles. The summed E-state index contributed by atoms with van der Waals surface area (Å²) >= 11 is 0. The van der Waals surface area contributed by atoms with Gasteiger partial charge in [0.2, 0.25) is 5.91 Å². The number of ether oxygens (including phenoxy) is 1. The SMILES string of the molecule is CCCNC(=O)C1CCc2ncc(-c3ccc(OC)cc3)n2C1. The van der Waals surface area contributed by atoms with Gasteiger partial charge in [0.1, 0.15) is 11.6 Å². The summed E-state index contributed by atoms with van der Waals surface area (Å²) in [5.41, 5.74) is 2.16. The minimum atomic E-state index is 0.0280. The number of carbonyl (C=O) groups excluding carboxylic acids is 1. The molecule has 1 N–H and O–H groups in total.